The largest absolute Gasteiger partial charge is 0.490 e. The first-order valence-electron chi connectivity index (χ1n) is 8.92. The zero-order valence-electron chi connectivity index (χ0n) is 15.5. The van der Waals surface area contributed by atoms with Crippen molar-refractivity contribution in [1.82, 2.24) is 10.3 Å². The number of aromatic nitrogens is 1. The average molecular weight is 435 g/mol. The highest BCUT2D eigenvalue weighted by molar-refractivity contribution is 9.10. The molecule has 1 aromatic carbocycles. The molecule has 1 aliphatic heterocycles. The first-order chi connectivity index (χ1) is 12.8. The van der Waals surface area contributed by atoms with E-state index in [2.05, 4.69) is 26.2 Å². The van der Waals surface area contributed by atoms with Crippen molar-refractivity contribution in [2.24, 2.45) is 5.92 Å². The predicted octanol–water partition coefficient (Wildman–Crippen LogP) is 5.03. The van der Waals surface area contributed by atoms with Crippen LogP contribution in [0.2, 0.25) is 0 Å². The molecule has 3 rings (SSSR count). The number of hydrogen-bond donors (Lipinski definition) is 2. The van der Waals surface area contributed by atoms with E-state index < -0.39 is 6.09 Å². The van der Waals surface area contributed by atoms with Crippen molar-refractivity contribution in [3.8, 4) is 22.6 Å². The predicted molar refractivity (Wildman–Crippen MR) is 106 cm³/mol. The lowest BCUT2D eigenvalue weighted by Gasteiger charge is -2.27. The molecule has 7 heteroatoms. The zero-order valence-corrected chi connectivity index (χ0v) is 17.1. The van der Waals surface area contributed by atoms with Crippen LogP contribution in [-0.4, -0.2) is 28.8 Å². The molecule has 2 heterocycles. The third kappa shape index (κ3) is 4.53. The normalized spacial score (nSPS) is 16.1. The summed E-state index contributed by atoms with van der Waals surface area (Å²) in [6, 6.07) is 5.52. The lowest BCUT2D eigenvalue weighted by atomic mass is 9.95. The van der Waals surface area contributed by atoms with Gasteiger partial charge in [-0.15, -0.1) is 0 Å². The number of carboxylic acid groups (broad SMARTS) is 1. The number of hydrogen-bond acceptors (Lipinski definition) is 4. The monoisotopic (exact) mass is 434 g/mol. The maximum atomic E-state index is 11.0. The molecule has 1 aromatic heterocycles. The molecule has 0 radical (unpaired) electrons. The van der Waals surface area contributed by atoms with Gasteiger partial charge in [-0.25, -0.2) is 4.79 Å². The first kappa shape index (κ1) is 19.5. The molecule has 6 nitrogen and oxygen atoms in total. The van der Waals surface area contributed by atoms with Gasteiger partial charge in [0, 0.05) is 29.6 Å². The number of ether oxygens (including phenoxy) is 2. The van der Waals surface area contributed by atoms with Gasteiger partial charge in [-0.2, -0.15) is 0 Å². The number of fused-ring (bicyclic) bond motifs is 3. The van der Waals surface area contributed by atoms with E-state index in [9.17, 15) is 4.79 Å². The van der Waals surface area contributed by atoms with Gasteiger partial charge in [0.1, 0.15) is 24.2 Å². The van der Waals surface area contributed by atoms with Crippen LogP contribution >= 0.6 is 15.9 Å². The van der Waals surface area contributed by atoms with Crippen LogP contribution in [0.3, 0.4) is 0 Å². The van der Waals surface area contributed by atoms with Gasteiger partial charge in [-0.1, -0.05) is 13.8 Å². The summed E-state index contributed by atoms with van der Waals surface area (Å²) in [5, 5.41) is 11.5. The Morgan fingerprint density at radius 2 is 2.19 bits per heavy atom. The Morgan fingerprint density at radius 1 is 1.41 bits per heavy atom. The van der Waals surface area contributed by atoms with Crippen molar-refractivity contribution >= 4 is 22.0 Å². The summed E-state index contributed by atoms with van der Waals surface area (Å²) in [7, 11) is 0. The van der Waals surface area contributed by atoms with E-state index in [1.54, 1.807) is 6.20 Å². The number of halogens is 1. The van der Waals surface area contributed by atoms with E-state index in [1.807, 2.05) is 45.2 Å². The van der Waals surface area contributed by atoms with Crippen LogP contribution < -0.4 is 14.8 Å². The molecule has 1 amide bonds. The molecule has 2 N–H and O–H groups in total. The van der Waals surface area contributed by atoms with Gasteiger partial charge in [0.05, 0.1) is 10.5 Å². The summed E-state index contributed by atoms with van der Waals surface area (Å²) in [5.41, 5.74) is 3.12. The summed E-state index contributed by atoms with van der Waals surface area (Å²) in [5.74, 6) is 1.72. The van der Waals surface area contributed by atoms with Crippen molar-refractivity contribution in [3.63, 3.8) is 0 Å². The highest BCUT2D eigenvalue weighted by Gasteiger charge is 2.25. The van der Waals surface area contributed by atoms with E-state index in [0.717, 1.165) is 26.9 Å². The average Bonchev–Trinajstić information content (AvgIpc) is 2.60. The van der Waals surface area contributed by atoms with Gasteiger partial charge >= 0.3 is 6.09 Å². The molecule has 0 bridgehead atoms. The lowest BCUT2D eigenvalue weighted by Crippen LogP contribution is -2.39. The topological polar surface area (TPSA) is 80.7 Å². The number of benzene rings is 1. The fraction of sp³-hybridized carbons (Fsp3) is 0.400. The third-order valence-electron chi connectivity index (χ3n) is 4.44. The van der Waals surface area contributed by atoms with Gasteiger partial charge in [-0.3, -0.25) is 4.98 Å². The lowest BCUT2D eigenvalue weighted by molar-refractivity contribution is 0.176. The maximum absolute atomic E-state index is 11.0. The standard InChI is InChI=1S/C20H23BrN2O4/c1-11(2)6-13(23-20(24)25)10-26-19-8-18-15(7-17(19)21)14-4-5-22-9-16(14)12(3)27-18/h4-5,7-9,11-13,23H,6,10H2,1-3H3,(H,24,25)/t12?,13-/m0/s1. The fourth-order valence-electron chi connectivity index (χ4n) is 3.29. The summed E-state index contributed by atoms with van der Waals surface area (Å²) in [4.78, 5) is 15.2. The van der Waals surface area contributed by atoms with Crippen LogP contribution in [0, 0.1) is 5.92 Å². The number of nitrogens with one attached hydrogen (secondary N) is 1. The minimum absolute atomic E-state index is 0.0995. The van der Waals surface area contributed by atoms with Gasteiger partial charge in [-0.05, 0) is 52.9 Å². The summed E-state index contributed by atoms with van der Waals surface area (Å²) >= 11 is 3.56. The minimum Gasteiger partial charge on any atom is -0.490 e. The van der Waals surface area contributed by atoms with Crippen LogP contribution in [0.15, 0.2) is 35.1 Å². The van der Waals surface area contributed by atoms with Crippen LogP contribution in [0.4, 0.5) is 4.79 Å². The van der Waals surface area contributed by atoms with Crippen LogP contribution in [-0.2, 0) is 0 Å². The third-order valence-corrected chi connectivity index (χ3v) is 5.06. The molecular weight excluding hydrogens is 412 g/mol. The number of amides is 1. The van der Waals surface area contributed by atoms with Crippen molar-refractivity contribution in [1.29, 1.82) is 0 Å². The zero-order chi connectivity index (χ0) is 19.6. The summed E-state index contributed by atoms with van der Waals surface area (Å²) < 4.78 is 12.8. The molecule has 0 aliphatic carbocycles. The first-order valence-corrected chi connectivity index (χ1v) is 9.71. The van der Waals surface area contributed by atoms with Gasteiger partial charge in [0.25, 0.3) is 0 Å². The quantitative estimate of drug-likeness (QED) is 0.666. The molecule has 2 aromatic rings. The smallest absolute Gasteiger partial charge is 0.404 e. The Morgan fingerprint density at radius 3 is 2.89 bits per heavy atom. The molecule has 2 atom stereocenters. The Balaban J connectivity index is 1.83. The Bertz CT molecular complexity index is 841. The molecule has 1 aliphatic rings. The Kier molecular flexibility index (Phi) is 5.89. The number of carbonyl (C=O) groups is 1. The highest BCUT2D eigenvalue weighted by atomic mass is 79.9. The molecule has 144 valence electrons. The Hall–Kier alpha value is -2.28. The minimum atomic E-state index is -1.05. The molecule has 0 saturated heterocycles. The summed E-state index contributed by atoms with van der Waals surface area (Å²) in [6.45, 7) is 6.33. The molecule has 0 saturated carbocycles. The van der Waals surface area contributed by atoms with E-state index in [0.29, 0.717) is 18.1 Å². The molecule has 1 unspecified atom stereocenters. The fourth-order valence-corrected chi connectivity index (χ4v) is 3.74. The second-order valence-corrected chi connectivity index (χ2v) is 7.94. The maximum Gasteiger partial charge on any atom is 0.404 e. The highest BCUT2D eigenvalue weighted by Crippen LogP contribution is 2.45. The molecule has 0 fully saturated rings. The van der Waals surface area contributed by atoms with Crippen LogP contribution in [0.5, 0.6) is 11.5 Å². The molecule has 27 heavy (non-hydrogen) atoms. The van der Waals surface area contributed by atoms with Crippen molar-refractivity contribution in [3.05, 3.63) is 40.6 Å². The van der Waals surface area contributed by atoms with Crippen molar-refractivity contribution < 1.29 is 19.4 Å². The Labute approximate surface area is 167 Å². The second-order valence-electron chi connectivity index (χ2n) is 7.09. The van der Waals surface area contributed by atoms with Gasteiger partial charge in [0.2, 0.25) is 0 Å². The SMILES string of the molecule is CC(C)C[C@@H](COc1cc2c(cc1Br)-c1ccncc1C(C)O2)NC(=O)O. The van der Waals surface area contributed by atoms with E-state index >= 15 is 0 Å². The van der Waals surface area contributed by atoms with Crippen LogP contribution in [0.1, 0.15) is 38.9 Å². The summed E-state index contributed by atoms with van der Waals surface area (Å²) in [6.07, 6.45) is 3.15. The van der Waals surface area contributed by atoms with E-state index in [-0.39, 0.29) is 18.8 Å². The second kappa shape index (κ2) is 8.17. The van der Waals surface area contributed by atoms with E-state index in [4.69, 9.17) is 14.6 Å². The van der Waals surface area contributed by atoms with Crippen molar-refractivity contribution in [2.75, 3.05) is 6.61 Å². The van der Waals surface area contributed by atoms with E-state index in [1.165, 1.54) is 0 Å². The molecule has 0 spiro atoms. The number of rotatable bonds is 6. The van der Waals surface area contributed by atoms with Crippen molar-refractivity contribution in [2.45, 2.75) is 39.3 Å². The molecular formula is C20H23BrN2O4. The van der Waals surface area contributed by atoms with Crippen LogP contribution in [0.25, 0.3) is 11.1 Å². The van der Waals surface area contributed by atoms with Gasteiger partial charge in [0.15, 0.2) is 0 Å². The number of pyridine rings is 1. The number of nitrogens with zero attached hydrogens (tertiary/aromatic N) is 1. The van der Waals surface area contributed by atoms with Gasteiger partial charge < -0.3 is 19.9 Å².